The lowest BCUT2D eigenvalue weighted by Gasteiger charge is -2.32. The number of carbonyl (C=O) groups is 3. The number of esters is 1. The van der Waals surface area contributed by atoms with E-state index in [4.69, 9.17) is 0 Å². The molecule has 0 unspecified atom stereocenters. The Morgan fingerprint density at radius 1 is 1.53 bits per heavy atom. The molecule has 6 heteroatoms. The van der Waals surface area contributed by atoms with E-state index in [1.807, 2.05) is 0 Å². The zero-order valence-electron chi connectivity index (χ0n) is 10.2. The summed E-state index contributed by atoms with van der Waals surface area (Å²) >= 11 is 0. The maximum Gasteiger partial charge on any atom is 0.305 e. The maximum atomic E-state index is 11.9. The Bertz CT molecular complexity index is 317. The van der Waals surface area contributed by atoms with Crippen LogP contribution >= 0.6 is 0 Å². The number of ketones is 1. The lowest BCUT2D eigenvalue weighted by Crippen LogP contribution is -2.56. The first kappa shape index (κ1) is 13.6. The summed E-state index contributed by atoms with van der Waals surface area (Å²) in [6, 6.07) is -0.387. The molecule has 0 aliphatic carbocycles. The predicted molar refractivity (Wildman–Crippen MR) is 60.3 cm³/mol. The third kappa shape index (κ3) is 4.14. The molecule has 1 fully saturated rings. The van der Waals surface area contributed by atoms with E-state index in [0.717, 1.165) is 0 Å². The van der Waals surface area contributed by atoms with Crippen molar-refractivity contribution in [2.75, 3.05) is 26.7 Å². The molecule has 0 spiro atoms. The van der Waals surface area contributed by atoms with Crippen LogP contribution in [0.4, 0.5) is 0 Å². The van der Waals surface area contributed by atoms with Gasteiger partial charge in [-0.2, -0.15) is 0 Å². The van der Waals surface area contributed by atoms with Crippen LogP contribution in [0.15, 0.2) is 0 Å². The lowest BCUT2D eigenvalue weighted by atomic mass is 10.1. The third-order valence-corrected chi connectivity index (χ3v) is 2.66. The van der Waals surface area contributed by atoms with E-state index < -0.39 is 0 Å². The van der Waals surface area contributed by atoms with Gasteiger partial charge in [0, 0.05) is 19.5 Å². The summed E-state index contributed by atoms with van der Waals surface area (Å²) in [5.74, 6) is -0.481. The van der Waals surface area contributed by atoms with Crippen molar-refractivity contribution >= 4 is 17.7 Å². The molecule has 1 atom stereocenters. The Kier molecular flexibility index (Phi) is 5.09. The average molecular weight is 242 g/mol. The minimum Gasteiger partial charge on any atom is -0.469 e. The van der Waals surface area contributed by atoms with Gasteiger partial charge in [0.2, 0.25) is 5.91 Å². The first-order valence-corrected chi connectivity index (χ1v) is 5.63. The van der Waals surface area contributed by atoms with Gasteiger partial charge in [-0.3, -0.25) is 14.4 Å². The number of methoxy groups -OCH3 is 1. The monoisotopic (exact) mass is 242 g/mol. The normalized spacial score (nSPS) is 20.2. The van der Waals surface area contributed by atoms with Crippen molar-refractivity contribution in [1.29, 1.82) is 0 Å². The molecule has 0 bridgehead atoms. The van der Waals surface area contributed by atoms with Gasteiger partial charge in [-0.1, -0.05) is 0 Å². The summed E-state index contributed by atoms with van der Waals surface area (Å²) in [4.78, 5) is 35.4. The molecular formula is C11H18N2O4. The molecule has 1 rings (SSSR count). The van der Waals surface area contributed by atoms with Gasteiger partial charge in [0.1, 0.15) is 5.78 Å². The summed E-state index contributed by atoms with van der Waals surface area (Å²) in [6.07, 6.45) is 0.605. The predicted octanol–water partition coefficient (Wildman–Crippen LogP) is -0.671. The SMILES string of the molecule is COC(=O)CC[C@H]1NCCN(CC(C)=O)C1=O. The summed E-state index contributed by atoms with van der Waals surface area (Å²) in [5.41, 5.74) is 0. The first-order chi connectivity index (χ1) is 8.04. The zero-order valence-corrected chi connectivity index (χ0v) is 10.2. The molecule has 1 aliphatic rings. The number of carbonyl (C=O) groups excluding carboxylic acids is 3. The Hall–Kier alpha value is -1.43. The topological polar surface area (TPSA) is 75.7 Å². The summed E-state index contributed by atoms with van der Waals surface area (Å²) < 4.78 is 4.52. The molecule has 1 N–H and O–H groups in total. The molecule has 1 amide bonds. The Morgan fingerprint density at radius 2 is 2.24 bits per heavy atom. The molecule has 1 aliphatic heterocycles. The molecule has 17 heavy (non-hydrogen) atoms. The van der Waals surface area contributed by atoms with E-state index in [2.05, 4.69) is 10.1 Å². The number of rotatable bonds is 5. The largest absolute Gasteiger partial charge is 0.469 e. The van der Waals surface area contributed by atoms with Crippen molar-refractivity contribution in [3.05, 3.63) is 0 Å². The van der Waals surface area contributed by atoms with Crippen molar-refractivity contribution < 1.29 is 19.1 Å². The quantitative estimate of drug-likeness (QED) is 0.647. The second kappa shape index (κ2) is 6.34. The van der Waals surface area contributed by atoms with Crippen LogP contribution in [0.3, 0.4) is 0 Å². The highest BCUT2D eigenvalue weighted by molar-refractivity contribution is 5.88. The fraction of sp³-hybridized carbons (Fsp3) is 0.727. The van der Waals surface area contributed by atoms with Crippen LogP contribution in [0.2, 0.25) is 0 Å². The Morgan fingerprint density at radius 3 is 2.82 bits per heavy atom. The van der Waals surface area contributed by atoms with Gasteiger partial charge in [0.05, 0.1) is 19.7 Å². The number of piperazine rings is 1. The van der Waals surface area contributed by atoms with Crippen LogP contribution < -0.4 is 5.32 Å². The minimum absolute atomic E-state index is 0.0352. The van der Waals surface area contributed by atoms with Gasteiger partial charge < -0.3 is 15.0 Å². The number of amides is 1. The molecule has 0 aromatic rings. The van der Waals surface area contributed by atoms with Gasteiger partial charge in [-0.15, -0.1) is 0 Å². The molecule has 0 aromatic carbocycles. The van der Waals surface area contributed by atoms with Gasteiger partial charge in [0.25, 0.3) is 0 Å². The van der Waals surface area contributed by atoms with Crippen LogP contribution in [0, 0.1) is 0 Å². The molecule has 1 saturated heterocycles. The van der Waals surface area contributed by atoms with Crippen molar-refractivity contribution in [3.8, 4) is 0 Å². The molecular weight excluding hydrogens is 224 g/mol. The second-order valence-electron chi connectivity index (χ2n) is 4.08. The summed E-state index contributed by atoms with van der Waals surface area (Å²) in [5, 5.41) is 3.04. The van der Waals surface area contributed by atoms with Gasteiger partial charge in [-0.25, -0.2) is 0 Å². The van der Waals surface area contributed by atoms with E-state index in [1.165, 1.54) is 18.9 Å². The van der Waals surface area contributed by atoms with Gasteiger partial charge in [0.15, 0.2) is 0 Å². The van der Waals surface area contributed by atoms with Crippen LogP contribution in [-0.4, -0.2) is 55.3 Å². The van der Waals surface area contributed by atoms with Crippen molar-refractivity contribution in [2.45, 2.75) is 25.8 Å². The number of Topliss-reactive ketones (excluding diaryl/α,β-unsaturated/α-hetero) is 1. The number of nitrogens with zero attached hydrogens (tertiary/aromatic N) is 1. The molecule has 6 nitrogen and oxygen atoms in total. The number of hydrogen-bond donors (Lipinski definition) is 1. The Balaban J connectivity index is 2.47. The zero-order chi connectivity index (χ0) is 12.8. The molecule has 0 radical (unpaired) electrons. The average Bonchev–Trinajstić information content (AvgIpc) is 2.29. The van der Waals surface area contributed by atoms with Crippen molar-refractivity contribution in [3.63, 3.8) is 0 Å². The molecule has 96 valence electrons. The standard InChI is InChI=1S/C11H18N2O4/c1-8(14)7-13-6-5-12-9(11(13)16)3-4-10(15)17-2/h9,12H,3-7H2,1-2H3/t9-/m1/s1. The highest BCUT2D eigenvalue weighted by Gasteiger charge is 2.28. The fourth-order valence-electron chi connectivity index (χ4n) is 1.81. The van der Waals surface area contributed by atoms with Crippen molar-refractivity contribution in [2.24, 2.45) is 0 Å². The van der Waals surface area contributed by atoms with Crippen LogP contribution in [0.1, 0.15) is 19.8 Å². The summed E-state index contributed by atoms with van der Waals surface area (Å²) in [6.45, 7) is 2.78. The maximum absolute atomic E-state index is 11.9. The van der Waals surface area contributed by atoms with Gasteiger partial charge in [-0.05, 0) is 13.3 Å². The van der Waals surface area contributed by atoms with E-state index in [-0.39, 0.29) is 36.7 Å². The highest BCUT2D eigenvalue weighted by Crippen LogP contribution is 2.07. The second-order valence-corrected chi connectivity index (χ2v) is 4.08. The van der Waals surface area contributed by atoms with E-state index in [0.29, 0.717) is 19.5 Å². The third-order valence-electron chi connectivity index (χ3n) is 2.66. The fourth-order valence-corrected chi connectivity index (χ4v) is 1.81. The van der Waals surface area contributed by atoms with Crippen molar-refractivity contribution in [1.82, 2.24) is 10.2 Å². The number of hydrogen-bond acceptors (Lipinski definition) is 5. The van der Waals surface area contributed by atoms with Gasteiger partial charge >= 0.3 is 5.97 Å². The lowest BCUT2D eigenvalue weighted by molar-refractivity contribution is -0.142. The van der Waals surface area contributed by atoms with Crippen LogP contribution in [0.5, 0.6) is 0 Å². The highest BCUT2D eigenvalue weighted by atomic mass is 16.5. The first-order valence-electron chi connectivity index (χ1n) is 5.63. The number of nitrogens with one attached hydrogen (secondary N) is 1. The van der Waals surface area contributed by atoms with E-state index in [1.54, 1.807) is 0 Å². The molecule has 0 saturated carbocycles. The number of ether oxygens (including phenoxy) is 1. The molecule has 1 heterocycles. The minimum atomic E-state index is -0.387. The Labute approximate surface area is 100 Å². The summed E-state index contributed by atoms with van der Waals surface area (Å²) in [7, 11) is 1.32. The molecule has 0 aromatic heterocycles. The van der Waals surface area contributed by atoms with E-state index >= 15 is 0 Å². The smallest absolute Gasteiger partial charge is 0.305 e. The van der Waals surface area contributed by atoms with E-state index in [9.17, 15) is 14.4 Å². The van der Waals surface area contributed by atoms with Crippen LogP contribution in [-0.2, 0) is 19.1 Å². The van der Waals surface area contributed by atoms with Crippen LogP contribution in [0.25, 0.3) is 0 Å².